The average Bonchev–Trinajstić information content (AvgIpc) is 3.19. The van der Waals surface area contributed by atoms with E-state index in [1.807, 2.05) is 91.0 Å². The van der Waals surface area contributed by atoms with Crippen LogP contribution >= 0.6 is 0 Å². The molecule has 0 bridgehead atoms. The first-order chi connectivity index (χ1) is 24.8. The van der Waals surface area contributed by atoms with E-state index in [4.69, 9.17) is 0 Å². The summed E-state index contributed by atoms with van der Waals surface area (Å²) in [4.78, 5) is 42.6. The fourth-order valence-electron chi connectivity index (χ4n) is 5.37. The van der Waals surface area contributed by atoms with Crippen molar-refractivity contribution in [3.05, 3.63) is 159 Å². The van der Waals surface area contributed by atoms with Crippen molar-refractivity contribution in [1.82, 2.24) is 44.6 Å². The Hall–Kier alpha value is -7.29. The maximum atomic E-state index is 14.2. The first-order valence-electron chi connectivity index (χ1n) is 15.7. The molecule has 0 saturated carbocycles. The van der Waals surface area contributed by atoms with Gasteiger partial charge in [0.25, 0.3) is 0 Å². The van der Waals surface area contributed by atoms with E-state index in [0.29, 0.717) is 17.1 Å². The van der Waals surface area contributed by atoms with E-state index in [0.717, 1.165) is 30.7 Å². The van der Waals surface area contributed by atoms with Gasteiger partial charge in [-0.25, -0.2) is 14.4 Å². The van der Waals surface area contributed by atoms with E-state index in [1.54, 1.807) is 36.4 Å². The van der Waals surface area contributed by atoms with Gasteiger partial charge < -0.3 is 0 Å². The highest BCUT2D eigenvalue weighted by Gasteiger charge is 2.26. The Bertz CT molecular complexity index is 2140. The molecule has 0 aliphatic carbocycles. The largest absolute Gasteiger partial charge is 0.375 e. The van der Waals surface area contributed by atoms with Crippen molar-refractivity contribution in [2.45, 2.75) is 0 Å². The number of nitrogens with zero attached hydrogens (tertiary/aromatic N) is 12. The summed E-state index contributed by atoms with van der Waals surface area (Å²) in [6, 6.07) is 38.4. The smallest absolute Gasteiger partial charge is 0.257 e. The molecule has 0 spiro atoms. The van der Waals surface area contributed by atoms with Gasteiger partial charge >= 0.3 is 17.1 Å². The first-order valence-corrected chi connectivity index (χ1v) is 15.7. The van der Waals surface area contributed by atoms with Crippen LogP contribution in [0.25, 0.3) is 33.8 Å². The van der Waals surface area contributed by atoms with E-state index in [9.17, 15) is 14.4 Å². The van der Waals surface area contributed by atoms with E-state index >= 15 is 0 Å². The predicted molar refractivity (Wildman–Crippen MR) is 193 cm³/mol. The maximum Gasteiger partial charge on any atom is 0.375 e. The molecule has 0 aliphatic heterocycles. The fourth-order valence-corrected chi connectivity index (χ4v) is 5.37. The minimum atomic E-state index is -0.993. The summed E-state index contributed by atoms with van der Waals surface area (Å²) in [5.41, 5.74) is 1.33. The van der Waals surface area contributed by atoms with Crippen molar-refractivity contribution in [3.8, 4) is 33.8 Å². The molecule has 7 rings (SSSR count). The van der Waals surface area contributed by atoms with Gasteiger partial charge in [0, 0.05) is 37.8 Å². The Morgan fingerprint density at radius 3 is 0.824 bits per heavy atom. The first kappa shape index (κ1) is 32.3. The maximum absolute atomic E-state index is 14.2. The highest BCUT2D eigenvalue weighted by molar-refractivity contribution is 5.61. The lowest BCUT2D eigenvalue weighted by Gasteiger charge is -2.27. The number of anilines is 3. The van der Waals surface area contributed by atoms with Crippen LogP contribution < -0.4 is 32.1 Å². The molecular formula is C36H30N12O3. The zero-order chi connectivity index (χ0) is 35.5. The molecule has 0 atom stereocenters. The molecule has 0 unspecified atom stereocenters. The van der Waals surface area contributed by atoms with E-state index in [2.05, 4.69) is 30.6 Å². The highest BCUT2D eigenvalue weighted by atomic mass is 16.2. The fraction of sp³-hybridized carbons (Fsp3) is 0.0833. The molecule has 15 nitrogen and oxygen atoms in total. The van der Waals surface area contributed by atoms with Gasteiger partial charge in [-0.1, -0.05) is 91.0 Å². The second-order valence-electron chi connectivity index (χ2n) is 11.3. The van der Waals surface area contributed by atoms with E-state index in [-0.39, 0.29) is 17.5 Å². The third-order valence-corrected chi connectivity index (χ3v) is 8.14. The molecule has 0 aliphatic rings. The topological polar surface area (TPSA) is 153 Å². The van der Waals surface area contributed by atoms with Crippen molar-refractivity contribution in [2.75, 3.05) is 36.2 Å². The van der Waals surface area contributed by atoms with Crippen LogP contribution in [0.4, 0.5) is 17.5 Å². The Morgan fingerprint density at radius 1 is 0.353 bits per heavy atom. The van der Waals surface area contributed by atoms with Crippen molar-refractivity contribution in [1.29, 1.82) is 0 Å². The minimum absolute atomic E-state index is 0.162. The summed E-state index contributed by atoms with van der Waals surface area (Å²) in [7, 11) is 4.41. The van der Waals surface area contributed by atoms with Crippen LogP contribution in [-0.4, -0.2) is 65.8 Å². The van der Waals surface area contributed by atoms with Gasteiger partial charge in [-0.05, 0) is 36.4 Å². The van der Waals surface area contributed by atoms with Gasteiger partial charge in [0.05, 0.1) is 17.1 Å². The molecule has 0 fully saturated rings. The summed E-state index contributed by atoms with van der Waals surface area (Å²) in [5, 5.41) is 29.4. The van der Waals surface area contributed by atoms with Crippen LogP contribution in [0.3, 0.4) is 0 Å². The zero-order valence-electron chi connectivity index (χ0n) is 27.7. The number of rotatable bonds is 9. The normalized spacial score (nSPS) is 10.9. The van der Waals surface area contributed by atoms with Crippen LogP contribution in [0, 0.1) is 0 Å². The molecule has 4 heterocycles. The molecular weight excluding hydrogens is 648 g/mol. The SMILES string of the molecule is CN(c1ccc(-c2ccccc2)nn1)n1c(=O)n(N(C)c2ccc(-c3ccccc3)nn2)c(=O)n(N(C)c2ccc(-c3ccccc3)nn2)c1=O. The van der Waals surface area contributed by atoms with Crippen molar-refractivity contribution in [2.24, 2.45) is 0 Å². The Labute approximate surface area is 290 Å². The van der Waals surface area contributed by atoms with Crippen LogP contribution in [0.1, 0.15) is 0 Å². The summed E-state index contributed by atoms with van der Waals surface area (Å²) in [5.74, 6) is 0.486. The van der Waals surface area contributed by atoms with Crippen LogP contribution in [0.2, 0.25) is 0 Å². The molecule has 0 amide bonds. The van der Waals surface area contributed by atoms with Crippen molar-refractivity contribution < 1.29 is 0 Å². The standard InChI is InChI=1S/C36H30N12O3/c1-43(31-22-19-28(37-40-31)25-13-7-4-8-14-25)46-34(49)47(44(2)32-23-20-29(38-41-32)26-15-9-5-10-16-26)36(51)48(35(46)50)45(3)33-24-21-30(39-42-33)27-17-11-6-12-18-27/h4-24H,1-3H3. The number of aromatic nitrogens is 9. The van der Waals surface area contributed by atoms with Gasteiger partial charge in [-0.3, -0.25) is 15.0 Å². The lowest BCUT2D eigenvalue weighted by molar-refractivity contribution is 0.478. The minimum Gasteiger partial charge on any atom is -0.257 e. The van der Waals surface area contributed by atoms with Crippen LogP contribution in [-0.2, 0) is 0 Å². The number of hydrogen-bond donors (Lipinski definition) is 0. The summed E-state index contributed by atoms with van der Waals surface area (Å²) < 4.78 is 2.33. The van der Waals surface area contributed by atoms with Gasteiger partial charge in [-0.15, -0.1) is 44.6 Å². The van der Waals surface area contributed by atoms with E-state index in [1.165, 1.54) is 36.2 Å². The monoisotopic (exact) mass is 678 g/mol. The summed E-state index contributed by atoms with van der Waals surface area (Å²) in [6.07, 6.45) is 0. The summed E-state index contributed by atoms with van der Waals surface area (Å²) >= 11 is 0. The van der Waals surface area contributed by atoms with Crippen LogP contribution in [0.15, 0.2) is 142 Å². The molecule has 0 saturated heterocycles. The van der Waals surface area contributed by atoms with Crippen molar-refractivity contribution >= 4 is 17.5 Å². The van der Waals surface area contributed by atoms with Gasteiger partial charge in [0.15, 0.2) is 17.5 Å². The Kier molecular flexibility index (Phi) is 8.65. The molecule has 15 heteroatoms. The number of benzene rings is 3. The molecule has 3 aromatic carbocycles. The van der Waals surface area contributed by atoms with E-state index < -0.39 is 17.1 Å². The average molecular weight is 679 g/mol. The lowest BCUT2D eigenvalue weighted by Crippen LogP contribution is -2.65. The van der Waals surface area contributed by atoms with Gasteiger partial charge in [0.2, 0.25) is 0 Å². The number of hydrogen-bond acceptors (Lipinski definition) is 12. The zero-order valence-corrected chi connectivity index (χ0v) is 27.7. The Balaban J connectivity index is 1.33. The molecule has 4 aromatic heterocycles. The molecule has 0 radical (unpaired) electrons. The molecule has 252 valence electrons. The summed E-state index contributed by atoms with van der Waals surface area (Å²) in [6.45, 7) is 0. The third kappa shape index (κ3) is 6.22. The van der Waals surface area contributed by atoms with Gasteiger partial charge in [-0.2, -0.15) is 0 Å². The lowest BCUT2D eigenvalue weighted by atomic mass is 10.1. The van der Waals surface area contributed by atoms with Gasteiger partial charge in [0.1, 0.15) is 0 Å². The third-order valence-electron chi connectivity index (χ3n) is 8.14. The Morgan fingerprint density at radius 2 is 0.608 bits per heavy atom. The molecule has 7 aromatic rings. The van der Waals surface area contributed by atoms with Crippen molar-refractivity contribution in [3.63, 3.8) is 0 Å². The molecule has 51 heavy (non-hydrogen) atoms. The molecule has 0 N–H and O–H groups in total. The second kappa shape index (κ2) is 13.7. The quantitative estimate of drug-likeness (QED) is 0.220. The predicted octanol–water partition coefficient (Wildman–Crippen LogP) is 3.24. The highest BCUT2D eigenvalue weighted by Crippen LogP contribution is 2.20. The van der Waals surface area contributed by atoms with Crippen LogP contribution in [0.5, 0.6) is 0 Å². The second-order valence-corrected chi connectivity index (χ2v) is 11.3.